The molecular formula is C10H16N4O5S. The second-order valence-corrected chi connectivity index (χ2v) is 4.61. The van der Waals surface area contributed by atoms with Gasteiger partial charge >= 0.3 is 0 Å². The lowest BCUT2D eigenvalue weighted by Crippen LogP contribution is -2.42. The van der Waals surface area contributed by atoms with Crippen LogP contribution in [-0.2, 0) is 4.79 Å². The molecule has 0 aliphatic heterocycles. The van der Waals surface area contributed by atoms with Crippen LogP contribution in [0.1, 0.15) is 10.5 Å². The number of hydrazine groups is 1. The van der Waals surface area contributed by atoms with Gasteiger partial charge in [-0.3, -0.25) is 15.0 Å². The summed E-state index contributed by atoms with van der Waals surface area (Å²) in [5.74, 6) is -1.02. The number of Topliss-reactive ketones (excluding diaryl/α,β-unsaturated/α-hetero) is 1. The third-order valence-corrected chi connectivity index (χ3v) is 3.06. The average Bonchev–Trinajstić information content (AvgIpc) is 2.93. The Bertz CT molecular complexity index is 466. The van der Waals surface area contributed by atoms with Gasteiger partial charge in [0.15, 0.2) is 10.9 Å². The summed E-state index contributed by atoms with van der Waals surface area (Å²) in [6, 6.07) is 0. The van der Waals surface area contributed by atoms with Gasteiger partial charge in [-0.25, -0.2) is 10.4 Å². The van der Waals surface area contributed by atoms with Gasteiger partial charge in [-0.1, -0.05) is 0 Å². The normalized spacial score (nSPS) is 13.6. The number of aliphatic hydroxyl groups is 3. The molecule has 9 nitrogen and oxygen atoms in total. The van der Waals surface area contributed by atoms with Gasteiger partial charge in [-0.2, -0.15) is 0 Å². The lowest BCUT2D eigenvalue weighted by Gasteiger charge is -2.14. The largest absolute Gasteiger partial charge is 0.394 e. The van der Waals surface area contributed by atoms with Crippen LogP contribution in [0, 0.1) is 0 Å². The maximum Gasteiger partial charge on any atom is 0.270 e. The number of nitrogens with zero attached hydrogens (tertiary/aromatic N) is 1. The molecule has 0 saturated carbocycles. The van der Waals surface area contributed by atoms with Crippen molar-refractivity contribution in [3.05, 3.63) is 11.1 Å². The third-order valence-electron chi connectivity index (χ3n) is 2.30. The van der Waals surface area contributed by atoms with Crippen LogP contribution >= 0.6 is 11.3 Å². The number of rotatable bonds is 8. The summed E-state index contributed by atoms with van der Waals surface area (Å²) in [5, 5.41) is 31.3. The van der Waals surface area contributed by atoms with E-state index in [1.54, 1.807) is 0 Å². The number of carbonyl (C=O) groups excluding carboxylic acids is 2. The molecule has 0 saturated heterocycles. The molecule has 2 unspecified atom stereocenters. The molecular weight excluding hydrogens is 288 g/mol. The Morgan fingerprint density at radius 3 is 2.75 bits per heavy atom. The first-order valence-corrected chi connectivity index (χ1v) is 6.53. The highest BCUT2D eigenvalue weighted by molar-refractivity contribution is 7.13. The minimum absolute atomic E-state index is 0.240. The molecule has 0 spiro atoms. The molecule has 112 valence electrons. The predicted molar refractivity (Wildman–Crippen MR) is 71.2 cm³/mol. The van der Waals surface area contributed by atoms with Gasteiger partial charge in [0.05, 0.1) is 13.2 Å². The molecule has 0 aliphatic rings. The molecule has 6 N–H and O–H groups in total. The number of ketones is 1. The van der Waals surface area contributed by atoms with Gasteiger partial charge in [0.1, 0.15) is 17.9 Å². The van der Waals surface area contributed by atoms with E-state index in [-0.39, 0.29) is 18.1 Å². The summed E-state index contributed by atoms with van der Waals surface area (Å²) in [6.07, 6.45) is -3.17. The van der Waals surface area contributed by atoms with Crippen molar-refractivity contribution >= 4 is 28.2 Å². The minimum atomic E-state index is -1.66. The second-order valence-electron chi connectivity index (χ2n) is 3.76. The van der Waals surface area contributed by atoms with Gasteiger partial charge in [-0.15, -0.1) is 11.3 Å². The third kappa shape index (κ3) is 4.51. The van der Waals surface area contributed by atoms with E-state index < -0.39 is 24.6 Å². The van der Waals surface area contributed by atoms with Crippen molar-refractivity contribution in [2.24, 2.45) is 0 Å². The molecule has 0 aromatic carbocycles. The van der Waals surface area contributed by atoms with Crippen molar-refractivity contribution < 1.29 is 24.9 Å². The van der Waals surface area contributed by atoms with Crippen molar-refractivity contribution in [3.63, 3.8) is 0 Å². The van der Waals surface area contributed by atoms with E-state index in [1.807, 2.05) is 0 Å². The molecule has 1 aromatic heterocycles. The van der Waals surface area contributed by atoms with Crippen LogP contribution in [0.2, 0.25) is 0 Å². The number of thiazole rings is 1. The number of carbonyl (C=O) groups is 2. The van der Waals surface area contributed by atoms with Gasteiger partial charge in [0.25, 0.3) is 5.91 Å². The van der Waals surface area contributed by atoms with E-state index in [0.29, 0.717) is 5.13 Å². The van der Waals surface area contributed by atoms with Gasteiger partial charge in [0.2, 0.25) is 0 Å². The quantitative estimate of drug-likeness (QED) is 0.294. The van der Waals surface area contributed by atoms with E-state index in [0.717, 1.165) is 11.3 Å². The van der Waals surface area contributed by atoms with Crippen LogP contribution in [0.4, 0.5) is 5.13 Å². The highest BCUT2D eigenvalue weighted by Crippen LogP contribution is 2.13. The fourth-order valence-corrected chi connectivity index (χ4v) is 1.85. The van der Waals surface area contributed by atoms with Crippen molar-refractivity contribution in [2.45, 2.75) is 12.2 Å². The average molecular weight is 304 g/mol. The van der Waals surface area contributed by atoms with E-state index in [4.69, 9.17) is 10.2 Å². The van der Waals surface area contributed by atoms with Crippen LogP contribution < -0.4 is 16.2 Å². The zero-order valence-corrected chi connectivity index (χ0v) is 11.5. The Hall–Kier alpha value is -1.59. The first-order chi connectivity index (χ1) is 9.49. The van der Waals surface area contributed by atoms with Crippen LogP contribution in [0.5, 0.6) is 0 Å². The molecule has 20 heavy (non-hydrogen) atoms. The molecule has 2 atom stereocenters. The SMILES string of the molecule is CNC(=O)c1csc(NNCC(=O)C(O)C(O)CO)n1. The topological polar surface area (TPSA) is 144 Å². The van der Waals surface area contributed by atoms with E-state index in [1.165, 1.54) is 12.4 Å². The lowest BCUT2D eigenvalue weighted by atomic mass is 10.1. The predicted octanol–water partition coefficient (Wildman–Crippen LogP) is -2.30. The second kappa shape index (κ2) is 7.87. The van der Waals surface area contributed by atoms with Crippen molar-refractivity contribution in [2.75, 3.05) is 25.6 Å². The van der Waals surface area contributed by atoms with E-state index >= 15 is 0 Å². The number of anilines is 1. The van der Waals surface area contributed by atoms with Crippen molar-refractivity contribution in [3.8, 4) is 0 Å². The van der Waals surface area contributed by atoms with Crippen LogP contribution in [0.25, 0.3) is 0 Å². The van der Waals surface area contributed by atoms with Crippen LogP contribution in [0.15, 0.2) is 5.38 Å². The first-order valence-electron chi connectivity index (χ1n) is 5.65. The molecule has 1 heterocycles. The molecule has 0 radical (unpaired) electrons. The molecule has 0 bridgehead atoms. The fourth-order valence-electron chi connectivity index (χ4n) is 1.19. The molecule has 1 rings (SSSR count). The fraction of sp³-hybridized carbons (Fsp3) is 0.500. The van der Waals surface area contributed by atoms with E-state index in [2.05, 4.69) is 21.2 Å². The Morgan fingerprint density at radius 1 is 1.45 bits per heavy atom. The summed E-state index contributed by atoms with van der Waals surface area (Å²) in [5.41, 5.74) is 5.32. The van der Waals surface area contributed by atoms with Crippen LogP contribution in [-0.4, -0.2) is 64.4 Å². The monoisotopic (exact) mass is 304 g/mol. The minimum Gasteiger partial charge on any atom is -0.394 e. The Morgan fingerprint density at radius 2 is 2.15 bits per heavy atom. The number of amides is 1. The lowest BCUT2D eigenvalue weighted by molar-refractivity contribution is -0.133. The zero-order chi connectivity index (χ0) is 15.1. The molecule has 0 aliphatic carbocycles. The zero-order valence-electron chi connectivity index (χ0n) is 10.7. The number of nitrogens with one attached hydrogen (secondary N) is 3. The van der Waals surface area contributed by atoms with Crippen LogP contribution in [0.3, 0.4) is 0 Å². The maximum atomic E-state index is 11.4. The summed E-state index contributed by atoms with van der Waals surface area (Å²) in [7, 11) is 1.49. The van der Waals surface area contributed by atoms with Crippen molar-refractivity contribution in [1.82, 2.24) is 15.7 Å². The standard InChI is InChI=1S/C10H16N4O5S/c1-11-9(19)5-4-20-10(13-5)14-12-2-6(16)8(18)7(17)3-15/h4,7-8,12,15,17-18H,2-3H2,1H3,(H,11,19)(H,13,14). The first kappa shape index (κ1) is 16.5. The van der Waals surface area contributed by atoms with Gasteiger partial charge in [-0.05, 0) is 0 Å². The smallest absolute Gasteiger partial charge is 0.270 e. The van der Waals surface area contributed by atoms with Crippen molar-refractivity contribution in [1.29, 1.82) is 0 Å². The molecule has 1 aromatic rings. The maximum absolute atomic E-state index is 11.4. The number of aromatic nitrogens is 1. The van der Waals surface area contributed by atoms with E-state index in [9.17, 15) is 14.7 Å². The summed E-state index contributed by atoms with van der Waals surface area (Å²) in [6.45, 7) is -0.991. The number of aliphatic hydroxyl groups excluding tert-OH is 3. The Labute approximate surface area is 118 Å². The number of hydrogen-bond acceptors (Lipinski definition) is 9. The van der Waals surface area contributed by atoms with Gasteiger partial charge < -0.3 is 20.6 Å². The Balaban J connectivity index is 2.39. The summed E-state index contributed by atoms with van der Waals surface area (Å²) in [4.78, 5) is 26.6. The molecule has 1 amide bonds. The van der Waals surface area contributed by atoms with Gasteiger partial charge in [0, 0.05) is 12.4 Å². The number of hydrogen-bond donors (Lipinski definition) is 6. The molecule has 10 heteroatoms. The molecule has 0 fully saturated rings. The summed E-state index contributed by atoms with van der Waals surface area (Å²) >= 11 is 1.16. The summed E-state index contributed by atoms with van der Waals surface area (Å²) < 4.78 is 0. The Kier molecular flexibility index (Phi) is 6.48. The highest BCUT2D eigenvalue weighted by Gasteiger charge is 2.22. The highest BCUT2D eigenvalue weighted by atomic mass is 32.1.